The third kappa shape index (κ3) is 1.88. The molecule has 1 aromatic carbocycles. The van der Waals surface area contributed by atoms with Crippen molar-refractivity contribution < 1.29 is 19.3 Å². The maximum Gasteiger partial charge on any atom is 0.159 e. The van der Waals surface area contributed by atoms with Crippen LogP contribution in [0.15, 0.2) is 30.3 Å². The second-order valence-electron chi connectivity index (χ2n) is 3.62. The van der Waals surface area contributed by atoms with E-state index in [1.54, 1.807) is 24.3 Å². The summed E-state index contributed by atoms with van der Waals surface area (Å²) < 4.78 is 18.9. The Morgan fingerprint density at radius 2 is 1.93 bits per heavy atom. The lowest BCUT2D eigenvalue weighted by atomic mass is 10.0. The predicted molar refractivity (Wildman–Crippen MR) is 52.0 cm³/mol. The first-order chi connectivity index (χ1) is 7.24. The number of alkyl halides is 1. The minimum Gasteiger partial charge on any atom is -0.394 e. The zero-order valence-corrected chi connectivity index (χ0v) is 8.08. The summed E-state index contributed by atoms with van der Waals surface area (Å²) in [4.78, 5) is 0. The van der Waals surface area contributed by atoms with Crippen molar-refractivity contribution in [2.75, 3.05) is 6.61 Å². The molecule has 0 aliphatic carbocycles. The first kappa shape index (κ1) is 10.5. The number of rotatable bonds is 2. The molecule has 4 heteroatoms. The van der Waals surface area contributed by atoms with Crippen LogP contribution in [0, 0.1) is 0 Å². The molecule has 0 saturated carbocycles. The van der Waals surface area contributed by atoms with Crippen LogP contribution < -0.4 is 0 Å². The van der Waals surface area contributed by atoms with Gasteiger partial charge in [0.25, 0.3) is 0 Å². The molecule has 1 saturated heterocycles. The van der Waals surface area contributed by atoms with E-state index in [2.05, 4.69) is 0 Å². The molecule has 4 atom stereocenters. The molecule has 1 aliphatic rings. The Labute approximate surface area is 87.1 Å². The molecule has 1 aliphatic heterocycles. The van der Waals surface area contributed by atoms with E-state index in [0.29, 0.717) is 5.56 Å². The third-order valence-electron chi connectivity index (χ3n) is 2.63. The summed E-state index contributed by atoms with van der Waals surface area (Å²) >= 11 is 0. The van der Waals surface area contributed by atoms with Gasteiger partial charge >= 0.3 is 0 Å². The van der Waals surface area contributed by atoms with Crippen LogP contribution >= 0.6 is 0 Å². The van der Waals surface area contributed by atoms with Crippen LogP contribution in [0.5, 0.6) is 0 Å². The second kappa shape index (κ2) is 4.26. The fourth-order valence-electron chi connectivity index (χ4n) is 1.78. The highest BCUT2D eigenvalue weighted by molar-refractivity contribution is 5.20. The Bertz CT molecular complexity index is 317. The molecule has 1 fully saturated rings. The minimum atomic E-state index is -1.48. The van der Waals surface area contributed by atoms with E-state index >= 15 is 0 Å². The van der Waals surface area contributed by atoms with E-state index in [4.69, 9.17) is 9.84 Å². The molecule has 0 bridgehead atoms. The molecule has 0 spiro atoms. The van der Waals surface area contributed by atoms with Gasteiger partial charge in [0.1, 0.15) is 18.3 Å². The van der Waals surface area contributed by atoms with Gasteiger partial charge in [0.05, 0.1) is 6.61 Å². The first-order valence-electron chi connectivity index (χ1n) is 4.87. The van der Waals surface area contributed by atoms with Crippen molar-refractivity contribution in [1.82, 2.24) is 0 Å². The maximum atomic E-state index is 13.6. The van der Waals surface area contributed by atoms with Crippen molar-refractivity contribution in [2.45, 2.75) is 24.5 Å². The second-order valence-corrected chi connectivity index (χ2v) is 3.62. The number of hydrogen-bond donors (Lipinski definition) is 2. The summed E-state index contributed by atoms with van der Waals surface area (Å²) in [6, 6.07) is 8.87. The zero-order chi connectivity index (χ0) is 10.8. The van der Waals surface area contributed by atoms with Crippen LogP contribution in [0.4, 0.5) is 4.39 Å². The van der Waals surface area contributed by atoms with Crippen molar-refractivity contribution in [2.24, 2.45) is 0 Å². The lowest BCUT2D eigenvalue weighted by molar-refractivity contribution is -0.0226. The monoisotopic (exact) mass is 212 g/mol. The maximum absolute atomic E-state index is 13.6. The summed E-state index contributed by atoms with van der Waals surface area (Å²) in [6.07, 6.45) is -4.34. The Kier molecular flexibility index (Phi) is 3.00. The van der Waals surface area contributed by atoms with Crippen LogP contribution in [-0.4, -0.2) is 35.2 Å². The first-order valence-corrected chi connectivity index (χ1v) is 4.87. The Morgan fingerprint density at radius 1 is 1.27 bits per heavy atom. The van der Waals surface area contributed by atoms with Gasteiger partial charge in [-0.3, -0.25) is 0 Å². The van der Waals surface area contributed by atoms with E-state index in [0.717, 1.165) is 0 Å². The minimum absolute atomic E-state index is 0.370. The number of hydrogen-bond acceptors (Lipinski definition) is 3. The average molecular weight is 212 g/mol. The van der Waals surface area contributed by atoms with Crippen LogP contribution in [0.1, 0.15) is 11.7 Å². The fraction of sp³-hybridized carbons (Fsp3) is 0.455. The van der Waals surface area contributed by atoms with Crippen LogP contribution in [0.25, 0.3) is 0 Å². The smallest absolute Gasteiger partial charge is 0.159 e. The highest BCUT2D eigenvalue weighted by Gasteiger charge is 2.44. The number of aliphatic hydroxyl groups is 2. The van der Waals surface area contributed by atoms with Gasteiger partial charge < -0.3 is 14.9 Å². The lowest BCUT2D eigenvalue weighted by Gasteiger charge is -2.12. The summed E-state index contributed by atoms with van der Waals surface area (Å²) in [5.74, 6) is 0. The van der Waals surface area contributed by atoms with E-state index in [-0.39, 0.29) is 6.61 Å². The summed E-state index contributed by atoms with van der Waals surface area (Å²) in [7, 11) is 0. The third-order valence-corrected chi connectivity index (χ3v) is 2.63. The molecule has 0 amide bonds. The van der Waals surface area contributed by atoms with Gasteiger partial charge in [-0.05, 0) is 5.56 Å². The number of benzene rings is 1. The molecule has 1 aromatic rings. The van der Waals surface area contributed by atoms with Crippen LogP contribution in [0.3, 0.4) is 0 Å². The SMILES string of the molecule is OC[C@H]1O[C@@H](c2ccccc2)[C@H](F)[C@@H]1O. The average Bonchev–Trinajstić information content (AvgIpc) is 2.57. The molecule has 15 heavy (non-hydrogen) atoms. The molecule has 0 radical (unpaired) electrons. The van der Waals surface area contributed by atoms with Crippen molar-refractivity contribution in [1.29, 1.82) is 0 Å². The topological polar surface area (TPSA) is 49.7 Å². The molecular weight excluding hydrogens is 199 g/mol. The number of halogens is 1. The predicted octanol–water partition coefficient (Wildman–Crippen LogP) is 0.818. The van der Waals surface area contributed by atoms with Gasteiger partial charge in [-0.1, -0.05) is 30.3 Å². The van der Waals surface area contributed by atoms with Gasteiger partial charge in [0.2, 0.25) is 0 Å². The highest BCUT2D eigenvalue weighted by Crippen LogP contribution is 2.35. The fourth-order valence-corrected chi connectivity index (χ4v) is 1.78. The van der Waals surface area contributed by atoms with Crippen molar-refractivity contribution in [3.63, 3.8) is 0 Å². The summed E-state index contributed by atoms with van der Waals surface area (Å²) in [5, 5.41) is 18.3. The molecule has 0 aromatic heterocycles. The van der Waals surface area contributed by atoms with Crippen LogP contribution in [-0.2, 0) is 4.74 Å². The van der Waals surface area contributed by atoms with Gasteiger partial charge in [0.15, 0.2) is 6.17 Å². The summed E-state index contributed by atoms with van der Waals surface area (Å²) in [6.45, 7) is -0.370. The molecule has 82 valence electrons. The van der Waals surface area contributed by atoms with Gasteiger partial charge in [-0.2, -0.15) is 0 Å². The molecule has 0 unspecified atom stereocenters. The normalized spacial score (nSPS) is 35.7. The zero-order valence-electron chi connectivity index (χ0n) is 8.08. The number of ether oxygens (including phenoxy) is 1. The molecule has 3 nitrogen and oxygen atoms in total. The molecule has 2 N–H and O–H groups in total. The highest BCUT2D eigenvalue weighted by atomic mass is 19.1. The Morgan fingerprint density at radius 3 is 2.47 bits per heavy atom. The summed E-state index contributed by atoms with van der Waals surface area (Å²) in [5.41, 5.74) is 0.681. The van der Waals surface area contributed by atoms with E-state index in [1.165, 1.54) is 0 Å². The van der Waals surface area contributed by atoms with Crippen LogP contribution in [0.2, 0.25) is 0 Å². The Hall–Kier alpha value is -0.970. The van der Waals surface area contributed by atoms with Gasteiger partial charge in [0, 0.05) is 0 Å². The molecule has 1 heterocycles. The van der Waals surface area contributed by atoms with Gasteiger partial charge in [-0.15, -0.1) is 0 Å². The largest absolute Gasteiger partial charge is 0.394 e. The lowest BCUT2D eigenvalue weighted by Crippen LogP contribution is -2.30. The standard InChI is InChI=1S/C11H13FO3/c12-9-10(14)8(6-13)15-11(9)7-4-2-1-3-5-7/h1-5,8-11,13-14H,6H2/t8-,9-,10-,11+/m1/s1. The van der Waals surface area contributed by atoms with E-state index in [1.807, 2.05) is 6.07 Å². The van der Waals surface area contributed by atoms with Crippen molar-refractivity contribution >= 4 is 0 Å². The van der Waals surface area contributed by atoms with E-state index < -0.39 is 24.5 Å². The van der Waals surface area contributed by atoms with Gasteiger partial charge in [-0.25, -0.2) is 4.39 Å². The molecular formula is C11H13FO3. The number of aliphatic hydroxyl groups excluding tert-OH is 2. The quantitative estimate of drug-likeness (QED) is 0.763. The molecule has 2 rings (SSSR count). The Balaban J connectivity index is 2.19. The van der Waals surface area contributed by atoms with E-state index in [9.17, 15) is 9.50 Å². The van der Waals surface area contributed by atoms with Crippen molar-refractivity contribution in [3.8, 4) is 0 Å². The van der Waals surface area contributed by atoms with Crippen molar-refractivity contribution in [3.05, 3.63) is 35.9 Å².